The second-order valence-electron chi connectivity index (χ2n) is 3.20. The van der Waals surface area contributed by atoms with Crippen molar-refractivity contribution in [3.05, 3.63) is 11.9 Å². The largest absolute Gasteiger partial charge is 0.476 e. The number of aromatic carboxylic acids is 1. The molecule has 1 aromatic heterocycles. The van der Waals surface area contributed by atoms with E-state index in [2.05, 4.69) is 10.3 Å². The Kier molecular flexibility index (Phi) is 3.22. The van der Waals surface area contributed by atoms with E-state index in [0.717, 1.165) is 19.0 Å². The van der Waals surface area contributed by atoms with E-state index in [1.165, 1.54) is 6.20 Å². The zero-order chi connectivity index (χ0) is 10.7. The molecule has 0 saturated carbocycles. The van der Waals surface area contributed by atoms with Crippen LogP contribution in [0.3, 0.4) is 0 Å². The van der Waals surface area contributed by atoms with Gasteiger partial charge in [-0.3, -0.25) is 4.68 Å². The van der Waals surface area contributed by atoms with E-state index >= 15 is 0 Å². The first-order valence-electron chi connectivity index (χ1n) is 4.58. The summed E-state index contributed by atoms with van der Waals surface area (Å²) in [5, 5.41) is 16.5. The third-order valence-corrected chi connectivity index (χ3v) is 3.20. The molecule has 1 saturated heterocycles. The smallest absolute Gasteiger partial charge is 0.358 e. The fraction of sp³-hybridized carbons (Fsp3) is 0.625. The van der Waals surface area contributed by atoms with E-state index in [4.69, 9.17) is 9.84 Å². The van der Waals surface area contributed by atoms with Crippen LogP contribution in [0, 0.1) is 0 Å². The molecule has 0 atom stereocenters. The van der Waals surface area contributed by atoms with Gasteiger partial charge in [-0.25, -0.2) is 4.79 Å². The summed E-state index contributed by atoms with van der Waals surface area (Å²) in [5.41, 5.74) is -0.00743. The van der Waals surface area contributed by atoms with Crippen LogP contribution in [0.1, 0.15) is 10.5 Å². The maximum atomic E-state index is 10.5. The topological polar surface area (TPSA) is 77.2 Å². The van der Waals surface area contributed by atoms with Gasteiger partial charge in [-0.2, -0.15) is 11.8 Å². The maximum absolute atomic E-state index is 10.5. The number of carboxylic acids is 1. The molecule has 1 aromatic rings. The van der Waals surface area contributed by atoms with Gasteiger partial charge in [-0.05, 0) is 0 Å². The third kappa shape index (κ3) is 2.69. The summed E-state index contributed by atoms with van der Waals surface area (Å²) >= 11 is 1.81. The maximum Gasteiger partial charge on any atom is 0.358 e. The quantitative estimate of drug-likeness (QED) is 0.772. The number of nitrogens with zero attached hydrogens (tertiary/aromatic N) is 3. The van der Waals surface area contributed by atoms with Crippen molar-refractivity contribution >= 4 is 17.7 Å². The Morgan fingerprint density at radius 1 is 1.73 bits per heavy atom. The molecule has 6 nitrogen and oxygen atoms in total. The number of thioether (sulfide) groups is 1. The van der Waals surface area contributed by atoms with Gasteiger partial charge in [-0.1, -0.05) is 5.21 Å². The average Bonchev–Trinajstić information content (AvgIpc) is 2.57. The van der Waals surface area contributed by atoms with Crippen LogP contribution in [0.15, 0.2) is 6.20 Å². The molecule has 15 heavy (non-hydrogen) atoms. The van der Waals surface area contributed by atoms with Crippen molar-refractivity contribution in [1.29, 1.82) is 0 Å². The molecular formula is C8H11N3O3S. The molecule has 0 unspecified atom stereocenters. The molecule has 0 aliphatic carbocycles. The lowest BCUT2D eigenvalue weighted by molar-refractivity contribution is 0.0455. The molecule has 2 heterocycles. The van der Waals surface area contributed by atoms with Gasteiger partial charge in [-0.15, -0.1) is 5.10 Å². The van der Waals surface area contributed by atoms with Gasteiger partial charge < -0.3 is 9.84 Å². The van der Waals surface area contributed by atoms with E-state index in [0.29, 0.717) is 11.8 Å². The summed E-state index contributed by atoms with van der Waals surface area (Å²) in [6, 6.07) is 0. The van der Waals surface area contributed by atoms with Crippen molar-refractivity contribution in [3.8, 4) is 0 Å². The standard InChI is InChI=1S/C8H11N3O3S/c12-8(13)7-3-11(10-9-7)1-2-15-6-4-14-5-6/h3,6H,1-2,4-5H2,(H,12,13). The molecule has 0 radical (unpaired) electrons. The normalized spacial score (nSPS) is 16.3. The Morgan fingerprint density at radius 2 is 2.53 bits per heavy atom. The van der Waals surface area contributed by atoms with Crippen molar-refractivity contribution in [3.63, 3.8) is 0 Å². The van der Waals surface area contributed by atoms with Gasteiger partial charge in [0.25, 0.3) is 0 Å². The monoisotopic (exact) mass is 229 g/mol. The number of carbonyl (C=O) groups is 1. The summed E-state index contributed by atoms with van der Waals surface area (Å²) in [4.78, 5) is 10.5. The van der Waals surface area contributed by atoms with Crippen LogP contribution in [0.25, 0.3) is 0 Å². The Morgan fingerprint density at radius 3 is 3.07 bits per heavy atom. The summed E-state index contributed by atoms with van der Waals surface area (Å²) in [5.74, 6) is -0.141. The Hall–Kier alpha value is -1.08. The molecule has 1 N–H and O–H groups in total. The van der Waals surface area contributed by atoms with E-state index in [-0.39, 0.29) is 5.69 Å². The number of hydrogen-bond acceptors (Lipinski definition) is 5. The molecular weight excluding hydrogens is 218 g/mol. The molecule has 2 rings (SSSR count). The van der Waals surface area contributed by atoms with Crippen molar-refractivity contribution in [2.75, 3.05) is 19.0 Å². The summed E-state index contributed by atoms with van der Waals surface area (Å²) in [7, 11) is 0. The molecule has 1 fully saturated rings. The fourth-order valence-electron chi connectivity index (χ4n) is 1.13. The van der Waals surface area contributed by atoms with Crippen molar-refractivity contribution in [2.45, 2.75) is 11.8 Å². The number of carboxylic acid groups (broad SMARTS) is 1. The van der Waals surface area contributed by atoms with Gasteiger partial charge in [0.1, 0.15) is 0 Å². The van der Waals surface area contributed by atoms with Crippen LogP contribution in [0.5, 0.6) is 0 Å². The van der Waals surface area contributed by atoms with E-state index in [1.807, 2.05) is 11.8 Å². The summed E-state index contributed by atoms with van der Waals surface area (Å²) in [6.07, 6.45) is 1.44. The lowest BCUT2D eigenvalue weighted by Crippen LogP contribution is -2.30. The first-order valence-corrected chi connectivity index (χ1v) is 5.63. The van der Waals surface area contributed by atoms with Gasteiger partial charge in [0.15, 0.2) is 5.69 Å². The van der Waals surface area contributed by atoms with Crippen molar-refractivity contribution < 1.29 is 14.6 Å². The zero-order valence-electron chi connectivity index (χ0n) is 8.00. The third-order valence-electron chi connectivity index (χ3n) is 2.04. The molecule has 0 spiro atoms. The number of rotatable bonds is 5. The first-order chi connectivity index (χ1) is 7.25. The summed E-state index contributed by atoms with van der Waals surface area (Å²) < 4.78 is 6.59. The highest BCUT2D eigenvalue weighted by Gasteiger charge is 2.18. The first kappa shape index (κ1) is 10.4. The number of ether oxygens (including phenoxy) is 1. The molecule has 0 bridgehead atoms. The van der Waals surface area contributed by atoms with Crippen molar-refractivity contribution in [2.24, 2.45) is 0 Å². The van der Waals surface area contributed by atoms with Crippen LogP contribution in [-0.4, -0.2) is 50.3 Å². The van der Waals surface area contributed by atoms with Gasteiger partial charge >= 0.3 is 5.97 Å². The van der Waals surface area contributed by atoms with Crippen LogP contribution < -0.4 is 0 Å². The highest BCUT2D eigenvalue weighted by molar-refractivity contribution is 8.00. The minimum Gasteiger partial charge on any atom is -0.476 e. The van der Waals surface area contributed by atoms with Crippen LogP contribution in [-0.2, 0) is 11.3 Å². The number of hydrogen-bond donors (Lipinski definition) is 1. The Bertz CT molecular complexity index is 351. The molecule has 1 aliphatic heterocycles. The molecule has 0 amide bonds. The molecule has 82 valence electrons. The van der Waals surface area contributed by atoms with E-state index < -0.39 is 5.97 Å². The van der Waals surface area contributed by atoms with Crippen LogP contribution in [0.2, 0.25) is 0 Å². The zero-order valence-corrected chi connectivity index (χ0v) is 8.81. The van der Waals surface area contributed by atoms with Gasteiger partial charge in [0, 0.05) is 5.75 Å². The number of aryl methyl sites for hydroxylation is 1. The Balaban J connectivity index is 1.75. The second-order valence-corrected chi connectivity index (χ2v) is 4.61. The average molecular weight is 229 g/mol. The minimum absolute atomic E-state index is 0.00743. The lowest BCUT2D eigenvalue weighted by atomic mass is 10.4. The molecule has 0 aromatic carbocycles. The lowest BCUT2D eigenvalue weighted by Gasteiger charge is -2.24. The highest BCUT2D eigenvalue weighted by atomic mass is 32.2. The second kappa shape index (κ2) is 4.63. The van der Waals surface area contributed by atoms with E-state index in [1.54, 1.807) is 4.68 Å². The predicted octanol–water partition coefficient (Wildman–Crippen LogP) is 0.108. The number of aromatic nitrogens is 3. The van der Waals surface area contributed by atoms with Crippen LogP contribution in [0.4, 0.5) is 0 Å². The van der Waals surface area contributed by atoms with E-state index in [9.17, 15) is 4.79 Å². The van der Waals surface area contributed by atoms with Gasteiger partial charge in [0.05, 0.1) is 31.2 Å². The summed E-state index contributed by atoms with van der Waals surface area (Å²) in [6.45, 7) is 2.33. The van der Waals surface area contributed by atoms with Crippen molar-refractivity contribution in [1.82, 2.24) is 15.0 Å². The predicted molar refractivity (Wildman–Crippen MR) is 54.0 cm³/mol. The Labute approximate surface area is 90.6 Å². The van der Waals surface area contributed by atoms with Crippen LogP contribution >= 0.6 is 11.8 Å². The fourth-order valence-corrected chi connectivity index (χ4v) is 2.14. The SMILES string of the molecule is O=C(O)c1cn(CCSC2COC2)nn1. The molecule has 1 aliphatic rings. The van der Waals surface area contributed by atoms with Gasteiger partial charge in [0.2, 0.25) is 0 Å². The molecule has 7 heteroatoms. The minimum atomic E-state index is -1.04. The highest BCUT2D eigenvalue weighted by Crippen LogP contribution is 2.18.